The molecular formula is C22H33N5O4. The quantitative estimate of drug-likeness (QED) is 0.657. The number of amides is 3. The largest absolute Gasteiger partial charge is 0.379 e. The molecule has 2 fully saturated rings. The molecule has 1 aromatic rings. The summed E-state index contributed by atoms with van der Waals surface area (Å²) in [5.41, 5.74) is 2.20. The van der Waals surface area contributed by atoms with Gasteiger partial charge in [-0.3, -0.25) is 19.3 Å². The zero-order chi connectivity index (χ0) is 22.4. The number of morpholine rings is 1. The summed E-state index contributed by atoms with van der Waals surface area (Å²) in [6.45, 7) is 6.40. The van der Waals surface area contributed by atoms with Crippen LogP contribution in [0.15, 0.2) is 24.3 Å². The van der Waals surface area contributed by atoms with Gasteiger partial charge in [0.1, 0.15) is 0 Å². The molecule has 0 aliphatic carbocycles. The minimum Gasteiger partial charge on any atom is -0.379 e. The van der Waals surface area contributed by atoms with Crippen LogP contribution < -0.4 is 10.2 Å². The number of carbonyl (C=O) groups excluding carboxylic acids is 3. The van der Waals surface area contributed by atoms with Crippen molar-refractivity contribution in [2.75, 3.05) is 78.0 Å². The van der Waals surface area contributed by atoms with E-state index in [0.717, 1.165) is 24.3 Å². The van der Waals surface area contributed by atoms with Gasteiger partial charge in [0.25, 0.3) is 0 Å². The van der Waals surface area contributed by atoms with E-state index in [1.807, 2.05) is 19.0 Å². The van der Waals surface area contributed by atoms with Gasteiger partial charge in [0, 0.05) is 72.5 Å². The molecule has 0 saturated carbocycles. The molecule has 2 heterocycles. The molecule has 3 rings (SSSR count). The van der Waals surface area contributed by atoms with E-state index >= 15 is 0 Å². The number of benzene rings is 1. The van der Waals surface area contributed by atoms with Crippen molar-refractivity contribution in [3.63, 3.8) is 0 Å². The van der Waals surface area contributed by atoms with Crippen molar-refractivity contribution >= 4 is 23.4 Å². The van der Waals surface area contributed by atoms with E-state index in [0.29, 0.717) is 45.9 Å². The van der Waals surface area contributed by atoms with Crippen molar-refractivity contribution in [3.05, 3.63) is 29.8 Å². The fraction of sp³-hybridized carbons (Fsp3) is 0.591. The predicted octanol–water partition coefficient (Wildman–Crippen LogP) is -0.0672. The highest BCUT2D eigenvalue weighted by molar-refractivity contribution is 6.35. The van der Waals surface area contributed by atoms with Crippen molar-refractivity contribution in [2.24, 2.45) is 0 Å². The van der Waals surface area contributed by atoms with Crippen molar-refractivity contribution < 1.29 is 19.1 Å². The molecule has 0 unspecified atom stereocenters. The molecule has 1 atom stereocenters. The highest BCUT2D eigenvalue weighted by Gasteiger charge is 2.29. The summed E-state index contributed by atoms with van der Waals surface area (Å²) < 4.78 is 5.48. The third kappa shape index (κ3) is 5.95. The number of anilines is 1. The predicted molar refractivity (Wildman–Crippen MR) is 118 cm³/mol. The normalized spacial score (nSPS) is 18.4. The van der Waals surface area contributed by atoms with Gasteiger partial charge in [0.05, 0.1) is 19.3 Å². The highest BCUT2D eigenvalue weighted by Crippen LogP contribution is 2.23. The SMILES string of the molecule is CC(=O)N1CCN(C(=O)C(=O)NC[C@@H](c2ccc(N(C)C)cc2)N2CCOCC2)CC1. The minimum absolute atomic E-state index is 0.00908. The zero-order valence-electron chi connectivity index (χ0n) is 18.7. The minimum atomic E-state index is -0.598. The Morgan fingerprint density at radius 3 is 2.10 bits per heavy atom. The van der Waals surface area contributed by atoms with E-state index in [1.165, 1.54) is 11.8 Å². The van der Waals surface area contributed by atoms with Gasteiger partial charge in [0.15, 0.2) is 0 Å². The summed E-state index contributed by atoms with van der Waals surface area (Å²) in [4.78, 5) is 44.2. The average Bonchev–Trinajstić information content (AvgIpc) is 2.79. The van der Waals surface area contributed by atoms with Gasteiger partial charge in [-0.05, 0) is 17.7 Å². The first-order chi connectivity index (χ1) is 14.9. The summed E-state index contributed by atoms with van der Waals surface area (Å²) in [6, 6.07) is 8.23. The number of ether oxygens (including phenoxy) is 1. The lowest BCUT2D eigenvalue weighted by molar-refractivity contribution is -0.148. The molecule has 2 aliphatic rings. The second-order valence-electron chi connectivity index (χ2n) is 8.16. The number of rotatable bonds is 5. The lowest BCUT2D eigenvalue weighted by Crippen LogP contribution is -2.54. The lowest BCUT2D eigenvalue weighted by Gasteiger charge is -2.36. The Kier molecular flexibility index (Phi) is 7.86. The number of nitrogens with one attached hydrogen (secondary N) is 1. The van der Waals surface area contributed by atoms with Crippen molar-refractivity contribution in [1.29, 1.82) is 0 Å². The molecule has 0 aromatic heterocycles. The molecule has 170 valence electrons. The Morgan fingerprint density at radius 1 is 0.968 bits per heavy atom. The molecular weight excluding hydrogens is 398 g/mol. The number of hydrogen-bond acceptors (Lipinski definition) is 6. The molecule has 3 amide bonds. The summed E-state index contributed by atoms with van der Waals surface area (Å²) >= 11 is 0. The van der Waals surface area contributed by atoms with Crippen LogP contribution in [-0.4, -0.2) is 106 Å². The fourth-order valence-corrected chi connectivity index (χ4v) is 3.97. The first-order valence-corrected chi connectivity index (χ1v) is 10.8. The molecule has 1 N–H and O–H groups in total. The summed E-state index contributed by atoms with van der Waals surface area (Å²) in [5.74, 6) is -1.14. The third-order valence-electron chi connectivity index (χ3n) is 5.94. The summed E-state index contributed by atoms with van der Waals surface area (Å²) in [5, 5.41) is 2.84. The van der Waals surface area contributed by atoms with Gasteiger partial charge in [-0.25, -0.2) is 0 Å². The maximum absolute atomic E-state index is 12.6. The van der Waals surface area contributed by atoms with E-state index < -0.39 is 11.8 Å². The number of nitrogens with zero attached hydrogens (tertiary/aromatic N) is 4. The zero-order valence-corrected chi connectivity index (χ0v) is 18.7. The maximum Gasteiger partial charge on any atom is 0.312 e. The number of hydrogen-bond donors (Lipinski definition) is 1. The van der Waals surface area contributed by atoms with Crippen molar-refractivity contribution in [2.45, 2.75) is 13.0 Å². The smallest absolute Gasteiger partial charge is 0.312 e. The van der Waals surface area contributed by atoms with Gasteiger partial charge in [0.2, 0.25) is 5.91 Å². The molecule has 2 saturated heterocycles. The van der Waals surface area contributed by atoms with Gasteiger partial charge in [-0.2, -0.15) is 0 Å². The highest BCUT2D eigenvalue weighted by atomic mass is 16.5. The van der Waals surface area contributed by atoms with E-state index in [1.54, 1.807) is 4.90 Å². The summed E-state index contributed by atoms with van der Waals surface area (Å²) in [7, 11) is 3.99. The van der Waals surface area contributed by atoms with Crippen molar-refractivity contribution in [1.82, 2.24) is 20.0 Å². The van der Waals surface area contributed by atoms with Crippen LogP contribution in [0.25, 0.3) is 0 Å². The van der Waals surface area contributed by atoms with Gasteiger partial charge in [-0.1, -0.05) is 12.1 Å². The first-order valence-electron chi connectivity index (χ1n) is 10.8. The van der Waals surface area contributed by atoms with Crippen LogP contribution in [0.3, 0.4) is 0 Å². The second kappa shape index (κ2) is 10.6. The van der Waals surface area contributed by atoms with Crippen molar-refractivity contribution in [3.8, 4) is 0 Å². The van der Waals surface area contributed by atoms with E-state index in [-0.39, 0.29) is 11.9 Å². The van der Waals surface area contributed by atoms with Crippen LogP contribution in [-0.2, 0) is 19.1 Å². The average molecular weight is 432 g/mol. The Hall–Kier alpha value is -2.65. The van der Waals surface area contributed by atoms with Crippen LogP contribution in [0.4, 0.5) is 5.69 Å². The Morgan fingerprint density at radius 2 is 1.55 bits per heavy atom. The molecule has 0 radical (unpaired) electrons. The van der Waals surface area contributed by atoms with Crippen LogP contribution in [0, 0.1) is 0 Å². The monoisotopic (exact) mass is 431 g/mol. The van der Waals surface area contributed by atoms with Gasteiger partial charge < -0.3 is 24.8 Å². The molecule has 1 aromatic carbocycles. The molecule has 31 heavy (non-hydrogen) atoms. The summed E-state index contributed by atoms with van der Waals surface area (Å²) in [6.07, 6.45) is 0. The Bertz CT molecular complexity index is 769. The standard InChI is InChI=1S/C22H33N5O4/c1-17(28)25-8-10-27(11-9-25)22(30)21(29)23-16-20(26-12-14-31-15-13-26)18-4-6-19(7-5-18)24(2)3/h4-7,20H,8-16H2,1-3H3,(H,23,29)/t20-/m0/s1. The molecule has 0 spiro atoms. The topological polar surface area (TPSA) is 85.4 Å². The molecule has 0 bridgehead atoms. The van der Waals surface area contributed by atoms with Crippen LogP contribution >= 0.6 is 0 Å². The maximum atomic E-state index is 12.6. The Labute approximate surface area is 183 Å². The van der Waals surface area contributed by atoms with E-state index in [9.17, 15) is 14.4 Å². The van der Waals surface area contributed by atoms with E-state index in [4.69, 9.17) is 4.74 Å². The molecule has 2 aliphatic heterocycles. The molecule has 9 nitrogen and oxygen atoms in total. The van der Waals surface area contributed by atoms with Crippen LogP contribution in [0.1, 0.15) is 18.5 Å². The fourth-order valence-electron chi connectivity index (χ4n) is 3.97. The van der Waals surface area contributed by atoms with Crippen LogP contribution in [0.2, 0.25) is 0 Å². The van der Waals surface area contributed by atoms with Crippen LogP contribution in [0.5, 0.6) is 0 Å². The number of carbonyl (C=O) groups is 3. The van der Waals surface area contributed by atoms with E-state index in [2.05, 4.69) is 34.5 Å². The number of piperazine rings is 1. The van der Waals surface area contributed by atoms with Gasteiger partial charge >= 0.3 is 11.8 Å². The molecule has 9 heteroatoms. The van der Waals surface area contributed by atoms with Gasteiger partial charge in [-0.15, -0.1) is 0 Å². The lowest BCUT2D eigenvalue weighted by atomic mass is 10.0. The first kappa shape index (κ1) is 23.0. The third-order valence-corrected chi connectivity index (χ3v) is 5.94. The Balaban J connectivity index is 1.62. The second-order valence-corrected chi connectivity index (χ2v) is 8.16.